The number of Topliss-reactive ketones (excluding diaryl/α,β-unsaturated/α-hetero) is 1. The summed E-state index contributed by atoms with van der Waals surface area (Å²) < 4.78 is 5.48. The SMILES string of the molecule is CCc1cccc(OCC(=O)Nc2cccc(C(C)=O)c2)c1. The second-order valence-corrected chi connectivity index (χ2v) is 4.97. The normalized spacial score (nSPS) is 10.1. The maximum atomic E-state index is 11.9. The first-order valence-electron chi connectivity index (χ1n) is 7.21. The fraction of sp³-hybridized carbons (Fsp3) is 0.222. The Labute approximate surface area is 130 Å². The van der Waals surface area contributed by atoms with Gasteiger partial charge >= 0.3 is 0 Å². The van der Waals surface area contributed by atoms with Crippen molar-refractivity contribution in [3.63, 3.8) is 0 Å². The number of carbonyl (C=O) groups is 2. The molecule has 0 fully saturated rings. The van der Waals surface area contributed by atoms with Gasteiger partial charge in [-0.1, -0.05) is 31.2 Å². The van der Waals surface area contributed by atoms with Crippen molar-refractivity contribution in [1.82, 2.24) is 0 Å². The Kier molecular flexibility index (Phi) is 5.31. The maximum absolute atomic E-state index is 11.9. The van der Waals surface area contributed by atoms with Gasteiger partial charge in [0.25, 0.3) is 5.91 Å². The Morgan fingerprint density at radius 3 is 2.59 bits per heavy atom. The van der Waals surface area contributed by atoms with Crippen LogP contribution in [0.4, 0.5) is 5.69 Å². The van der Waals surface area contributed by atoms with Crippen molar-refractivity contribution in [1.29, 1.82) is 0 Å². The Morgan fingerprint density at radius 1 is 1.09 bits per heavy atom. The highest BCUT2D eigenvalue weighted by Gasteiger charge is 2.06. The van der Waals surface area contributed by atoms with E-state index in [0.717, 1.165) is 12.0 Å². The molecule has 2 rings (SSSR count). The molecule has 114 valence electrons. The van der Waals surface area contributed by atoms with Crippen LogP contribution in [-0.4, -0.2) is 18.3 Å². The zero-order valence-electron chi connectivity index (χ0n) is 12.8. The zero-order valence-corrected chi connectivity index (χ0v) is 12.8. The van der Waals surface area contributed by atoms with Gasteiger partial charge in [0.2, 0.25) is 0 Å². The highest BCUT2D eigenvalue weighted by molar-refractivity contribution is 5.97. The van der Waals surface area contributed by atoms with Gasteiger partial charge in [0.15, 0.2) is 12.4 Å². The highest BCUT2D eigenvalue weighted by Crippen LogP contribution is 2.14. The average Bonchev–Trinajstić information content (AvgIpc) is 2.53. The van der Waals surface area contributed by atoms with E-state index in [9.17, 15) is 9.59 Å². The van der Waals surface area contributed by atoms with Crippen LogP contribution in [0, 0.1) is 0 Å². The van der Waals surface area contributed by atoms with Crippen molar-refractivity contribution >= 4 is 17.4 Å². The van der Waals surface area contributed by atoms with E-state index in [0.29, 0.717) is 17.0 Å². The second kappa shape index (κ2) is 7.41. The summed E-state index contributed by atoms with van der Waals surface area (Å²) in [7, 11) is 0. The summed E-state index contributed by atoms with van der Waals surface area (Å²) in [6, 6.07) is 14.5. The number of ether oxygens (including phenoxy) is 1. The van der Waals surface area contributed by atoms with Crippen LogP contribution >= 0.6 is 0 Å². The number of rotatable bonds is 6. The molecule has 0 radical (unpaired) electrons. The molecule has 0 unspecified atom stereocenters. The molecule has 0 saturated carbocycles. The number of nitrogens with one attached hydrogen (secondary N) is 1. The maximum Gasteiger partial charge on any atom is 0.262 e. The zero-order chi connectivity index (χ0) is 15.9. The van der Waals surface area contributed by atoms with Gasteiger partial charge in [-0.2, -0.15) is 0 Å². The topological polar surface area (TPSA) is 55.4 Å². The van der Waals surface area contributed by atoms with E-state index in [1.54, 1.807) is 24.3 Å². The summed E-state index contributed by atoms with van der Waals surface area (Å²) in [5.74, 6) is 0.373. The molecule has 0 saturated heterocycles. The number of amides is 1. The van der Waals surface area contributed by atoms with Gasteiger partial charge in [0.05, 0.1) is 0 Å². The molecule has 4 nitrogen and oxygen atoms in total. The van der Waals surface area contributed by atoms with Gasteiger partial charge in [-0.25, -0.2) is 0 Å². The van der Waals surface area contributed by atoms with Gasteiger partial charge in [0.1, 0.15) is 5.75 Å². The molecule has 2 aromatic rings. The van der Waals surface area contributed by atoms with Crippen molar-refractivity contribution < 1.29 is 14.3 Å². The van der Waals surface area contributed by atoms with Crippen molar-refractivity contribution in [2.24, 2.45) is 0 Å². The molecular formula is C18H19NO3. The first kappa shape index (κ1) is 15.8. The first-order chi connectivity index (χ1) is 10.6. The van der Waals surface area contributed by atoms with E-state index >= 15 is 0 Å². The van der Waals surface area contributed by atoms with Gasteiger partial charge in [-0.3, -0.25) is 9.59 Å². The molecule has 0 heterocycles. The lowest BCUT2D eigenvalue weighted by molar-refractivity contribution is -0.118. The quantitative estimate of drug-likeness (QED) is 0.831. The molecule has 0 aliphatic rings. The minimum Gasteiger partial charge on any atom is -0.484 e. The van der Waals surface area contributed by atoms with Crippen LogP contribution in [0.15, 0.2) is 48.5 Å². The van der Waals surface area contributed by atoms with E-state index in [4.69, 9.17) is 4.74 Å². The number of ketones is 1. The molecule has 2 aromatic carbocycles. The molecule has 0 bridgehead atoms. The number of hydrogen-bond donors (Lipinski definition) is 1. The number of anilines is 1. The molecular weight excluding hydrogens is 278 g/mol. The summed E-state index contributed by atoms with van der Waals surface area (Å²) in [5, 5.41) is 2.72. The summed E-state index contributed by atoms with van der Waals surface area (Å²) in [6.45, 7) is 3.48. The third-order valence-electron chi connectivity index (χ3n) is 3.23. The number of benzene rings is 2. The van der Waals surface area contributed by atoms with E-state index in [-0.39, 0.29) is 18.3 Å². The van der Waals surface area contributed by atoms with E-state index < -0.39 is 0 Å². The van der Waals surface area contributed by atoms with Crippen LogP contribution in [0.3, 0.4) is 0 Å². The Bertz CT molecular complexity index is 680. The summed E-state index contributed by atoms with van der Waals surface area (Å²) >= 11 is 0. The molecule has 0 atom stereocenters. The molecule has 22 heavy (non-hydrogen) atoms. The van der Waals surface area contributed by atoms with Gasteiger partial charge in [-0.05, 0) is 43.2 Å². The average molecular weight is 297 g/mol. The summed E-state index contributed by atoms with van der Waals surface area (Å²) in [4.78, 5) is 23.2. The number of carbonyl (C=O) groups excluding carboxylic acids is 2. The van der Waals surface area contributed by atoms with Crippen LogP contribution in [0.25, 0.3) is 0 Å². The fourth-order valence-corrected chi connectivity index (χ4v) is 2.02. The van der Waals surface area contributed by atoms with E-state index in [1.807, 2.05) is 24.3 Å². The molecule has 0 aliphatic carbocycles. The molecule has 1 amide bonds. The first-order valence-corrected chi connectivity index (χ1v) is 7.21. The summed E-state index contributed by atoms with van der Waals surface area (Å²) in [6.07, 6.45) is 0.918. The van der Waals surface area contributed by atoms with Crippen molar-refractivity contribution in [2.75, 3.05) is 11.9 Å². The van der Waals surface area contributed by atoms with Crippen LogP contribution in [0.5, 0.6) is 5.75 Å². The molecule has 0 spiro atoms. The van der Waals surface area contributed by atoms with E-state index in [2.05, 4.69) is 12.2 Å². The van der Waals surface area contributed by atoms with Crippen molar-refractivity contribution in [3.8, 4) is 5.75 Å². The van der Waals surface area contributed by atoms with Crippen LogP contribution in [0.1, 0.15) is 29.8 Å². The van der Waals surface area contributed by atoms with Crippen molar-refractivity contribution in [2.45, 2.75) is 20.3 Å². The lowest BCUT2D eigenvalue weighted by Crippen LogP contribution is -2.20. The van der Waals surface area contributed by atoms with Gasteiger partial charge in [0, 0.05) is 11.3 Å². The summed E-state index contributed by atoms with van der Waals surface area (Å²) in [5.41, 5.74) is 2.31. The third-order valence-corrected chi connectivity index (χ3v) is 3.23. The minimum absolute atomic E-state index is 0.0382. The molecule has 1 N–H and O–H groups in total. The number of aryl methyl sites for hydroxylation is 1. The van der Waals surface area contributed by atoms with Crippen LogP contribution < -0.4 is 10.1 Å². The monoisotopic (exact) mass is 297 g/mol. The highest BCUT2D eigenvalue weighted by atomic mass is 16.5. The standard InChI is InChI=1S/C18H19NO3/c1-3-14-6-4-9-17(10-14)22-12-18(21)19-16-8-5-7-15(11-16)13(2)20/h4-11H,3,12H2,1-2H3,(H,19,21). The fourth-order valence-electron chi connectivity index (χ4n) is 2.02. The predicted molar refractivity (Wildman–Crippen MR) is 86.4 cm³/mol. The molecule has 4 heteroatoms. The Morgan fingerprint density at radius 2 is 1.86 bits per heavy atom. The largest absolute Gasteiger partial charge is 0.484 e. The lowest BCUT2D eigenvalue weighted by Gasteiger charge is -2.09. The van der Waals surface area contributed by atoms with Gasteiger partial charge in [-0.15, -0.1) is 0 Å². The van der Waals surface area contributed by atoms with Crippen molar-refractivity contribution in [3.05, 3.63) is 59.7 Å². The predicted octanol–water partition coefficient (Wildman–Crippen LogP) is 3.47. The van der Waals surface area contributed by atoms with Gasteiger partial charge < -0.3 is 10.1 Å². The second-order valence-electron chi connectivity index (χ2n) is 4.97. The van der Waals surface area contributed by atoms with Crippen LogP contribution in [-0.2, 0) is 11.2 Å². The van der Waals surface area contributed by atoms with E-state index in [1.165, 1.54) is 6.92 Å². The Hall–Kier alpha value is -2.62. The van der Waals surface area contributed by atoms with Crippen LogP contribution in [0.2, 0.25) is 0 Å². The third kappa shape index (κ3) is 4.45. The lowest BCUT2D eigenvalue weighted by atomic mass is 10.1. The smallest absolute Gasteiger partial charge is 0.262 e. The minimum atomic E-state index is -0.261. The molecule has 0 aromatic heterocycles. The number of hydrogen-bond acceptors (Lipinski definition) is 3. The molecule has 0 aliphatic heterocycles. The Balaban J connectivity index is 1.92.